The lowest BCUT2D eigenvalue weighted by Gasteiger charge is -2.15. The summed E-state index contributed by atoms with van der Waals surface area (Å²) in [6.07, 6.45) is 5.57. The predicted octanol–water partition coefficient (Wildman–Crippen LogP) is 6.40. The lowest BCUT2D eigenvalue weighted by molar-refractivity contribution is 0.373. The van der Waals surface area contributed by atoms with Crippen LogP contribution < -0.4 is 0 Å². The van der Waals surface area contributed by atoms with Gasteiger partial charge in [0, 0.05) is 0 Å². The lowest BCUT2D eigenvalue weighted by atomic mass is 9.91. The highest BCUT2D eigenvalue weighted by atomic mass is 14.1. The molecule has 94 valence electrons. The van der Waals surface area contributed by atoms with E-state index >= 15 is 0 Å². The van der Waals surface area contributed by atoms with E-state index in [4.69, 9.17) is 0 Å². The lowest BCUT2D eigenvalue weighted by Crippen LogP contribution is -2.02. The zero-order valence-electron chi connectivity index (χ0n) is 7.98. The topological polar surface area (TPSA) is 0 Å². The van der Waals surface area contributed by atoms with Crippen LogP contribution in [0.4, 0.5) is 0 Å². The smallest absolute Gasteiger partial charge is 0.0415 e. The molecule has 0 nitrogen and oxygen atoms in total. The second kappa shape index (κ2) is 18.7. The van der Waals surface area contributed by atoms with Crippen molar-refractivity contribution in [2.24, 2.45) is 11.8 Å². The molecule has 0 heterocycles. The van der Waals surface area contributed by atoms with Gasteiger partial charge in [-0.2, -0.15) is 0 Å². The summed E-state index contributed by atoms with van der Waals surface area (Å²) in [5, 5.41) is 0. The largest absolute Gasteiger partial charge is 0.0776 e. The fraction of sp³-hybridized carbons (Fsp3) is 1.00. The molecule has 0 aliphatic carbocycles. The Balaban J connectivity index is -0.0000000675. The predicted molar refractivity (Wildman–Crippen MR) is 75.1 cm³/mol. The Kier molecular flexibility index (Phi) is 39.1. The monoisotopic (exact) mass is 206 g/mol. The molecule has 0 N–H and O–H groups in total. The van der Waals surface area contributed by atoms with Crippen LogP contribution in [0.3, 0.4) is 0 Å². The standard InChI is InChI=1S/C10H22.4CH4/c1-5-7-10(6-2)8-9(3)4;;;;/h9-10H,5-8H2,1-4H3;4*1H4. The Morgan fingerprint density at radius 2 is 1.29 bits per heavy atom. The van der Waals surface area contributed by atoms with Gasteiger partial charge in [-0.05, 0) is 18.3 Å². The van der Waals surface area contributed by atoms with Crippen LogP contribution >= 0.6 is 0 Å². The van der Waals surface area contributed by atoms with Gasteiger partial charge in [0.15, 0.2) is 0 Å². The second-order valence-corrected chi connectivity index (χ2v) is 3.69. The first-order valence-electron chi connectivity index (χ1n) is 4.70. The van der Waals surface area contributed by atoms with E-state index in [1.165, 1.54) is 25.7 Å². The first kappa shape index (κ1) is 29.2. The van der Waals surface area contributed by atoms with Gasteiger partial charge in [-0.15, -0.1) is 0 Å². The molecule has 0 aliphatic heterocycles. The van der Waals surface area contributed by atoms with Crippen molar-refractivity contribution in [2.75, 3.05) is 0 Å². The maximum atomic E-state index is 2.32. The molecule has 0 heteroatoms. The minimum absolute atomic E-state index is 0. The van der Waals surface area contributed by atoms with Crippen LogP contribution in [0.1, 0.15) is 83.1 Å². The Labute approximate surface area is 95.5 Å². The molecular weight excluding hydrogens is 168 g/mol. The molecule has 1 atom stereocenters. The zero-order chi connectivity index (χ0) is 7.98. The molecule has 0 spiro atoms. The van der Waals surface area contributed by atoms with Crippen molar-refractivity contribution in [1.82, 2.24) is 0 Å². The molecule has 14 heavy (non-hydrogen) atoms. The third-order valence-corrected chi connectivity index (χ3v) is 2.08. The van der Waals surface area contributed by atoms with Crippen molar-refractivity contribution in [3.63, 3.8) is 0 Å². The summed E-state index contributed by atoms with van der Waals surface area (Å²) in [6.45, 7) is 9.22. The van der Waals surface area contributed by atoms with Crippen molar-refractivity contribution < 1.29 is 0 Å². The molecule has 0 saturated heterocycles. The fourth-order valence-electron chi connectivity index (χ4n) is 1.56. The molecule has 0 aliphatic rings. The normalized spacial score (nSPS) is 10.1. The molecule has 0 saturated carbocycles. The van der Waals surface area contributed by atoms with Gasteiger partial charge in [-0.25, -0.2) is 0 Å². The van der Waals surface area contributed by atoms with E-state index < -0.39 is 0 Å². The van der Waals surface area contributed by atoms with Gasteiger partial charge in [0.2, 0.25) is 0 Å². The van der Waals surface area contributed by atoms with Gasteiger partial charge in [0.05, 0.1) is 0 Å². The van der Waals surface area contributed by atoms with Crippen LogP contribution in [-0.4, -0.2) is 0 Å². The van der Waals surface area contributed by atoms with Gasteiger partial charge in [-0.1, -0.05) is 76.7 Å². The van der Waals surface area contributed by atoms with Crippen LogP contribution in [-0.2, 0) is 0 Å². The molecule has 0 bridgehead atoms. The maximum Gasteiger partial charge on any atom is -0.0415 e. The highest BCUT2D eigenvalue weighted by molar-refractivity contribution is 4.58. The molecule has 0 radical (unpaired) electrons. The first-order valence-corrected chi connectivity index (χ1v) is 4.70. The molecule has 0 fully saturated rings. The van der Waals surface area contributed by atoms with E-state index in [-0.39, 0.29) is 29.7 Å². The average Bonchev–Trinajstić information content (AvgIpc) is 1.86. The fourth-order valence-corrected chi connectivity index (χ4v) is 1.56. The van der Waals surface area contributed by atoms with Gasteiger partial charge in [0.25, 0.3) is 0 Å². The number of hydrogen-bond acceptors (Lipinski definition) is 0. The van der Waals surface area contributed by atoms with E-state index in [1.807, 2.05) is 0 Å². The van der Waals surface area contributed by atoms with E-state index in [9.17, 15) is 0 Å². The van der Waals surface area contributed by atoms with E-state index in [1.54, 1.807) is 0 Å². The van der Waals surface area contributed by atoms with Gasteiger partial charge in [-0.3, -0.25) is 0 Å². The van der Waals surface area contributed by atoms with Crippen molar-refractivity contribution in [2.45, 2.75) is 83.1 Å². The Bertz CT molecular complexity index is 64.4. The van der Waals surface area contributed by atoms with Crippen LogP contribution in [0.5, 0.6) is 0 Å². The van der Waals surface area contributed by atoms with Crippen molar-refractivity contribution in [3.8, 4) is 0 Å². The van der Waals surface area contributed by atoms with Crippen LogP contribution in [0.2, 0.25) is 0 Å². The van der Waals surface area contributed by atoms with E-state index in [0.29, 0.717) is 0 Å². The van der Waals surface area contributed by atoms with Crippen LogP contribution in [0.15, 0.2) is 0 Å². The first-order chi connectivity index (χ1) is 4.70. The molecule has 0 aromatic carbocycles. The van der Waals surface area contributed by atoms with Crippen molar-refractivity contribution in [1.29, 1.82) is 0 Å². The van der Waals surface area contributed by atoms with Gasteiger partial charge >= 0.3 is 0 Å². The highest BCUT2D eigenvalue weighted by Crippen LogP contribution is 2.19. The molecule has 0 amide bonds. The Hall–Kier alpha value is 0. The van der Waals surface area contributed by atoms with Crippen molar-refractivity contribution in [3.05, 3.63) is 0 Å². The zero-order valence-corrected chi connectivity index (χ0v) is 7.98. The highest BCUT2D eigenvalue weighted by Gasteiger charge is 2.06. The number of rotatable bonds is 5. The minimum atomic E-state index is 0. The molecule has 0 aromatic heterocycles. The summed E-state index contributed by atoms with van der Waals surface area (Å²) >= 11 is 0. The van der Waals surface area contributed by atoms with Crippen LogP contribution in [0.25, 0.3) is 0 Å². The third kappa shape index (κ3) is 17.9. The summed E-state index contributed by atoms with van der Waals surface area (Å²) in [6, 6.07) is 0. The second-order valence-electron chi connectivity index (χ2n) is 3.69. The molecule has 0 aromatic rings. The molecular formula is C14H38. The molecule has 1 unspecified atom stereocenters. The average molecular weight is 206 g/mol. The molecule has 0 rings (SSSR count). The Morgan fingerprint density at radius 1 is 0.857 bits per heavy atom. The van der Waals surface area contributed by atoms with E-state index in [2.05, 4.69) is 27.7 Å². The summed E-state index contributed by atoms with van der Waals surface area (Å²) in [4.78, 5) is 0. The third-order valence-electron chi connectivity index (χ3n) is 2.08. The van der Waals surface area contributed by atoms with Gasteiger partial charge in [0.1, 0.15) is 0 Å². The quantitative estimate of drug-likeness (QED) is 0.488. The number of hydrogen-bond donors (Lipinski definition) is 0. The van der Waals surface area contributed by atoms with Crippen molar-refractivity contribution >= 4 is 0 Å². The minimum Gasteiger partial charge on any atom is -0.0776 e. The van der Waals surface area contributed by atoms with Gasteiger partial charge < -0.3 is 0 Å². The maximum absolute atomic E-state index is 2.32. The van der Waals surface area contributed by atoms with Crippen LogP contribution in [0, 0.1) is 11.8 Å². The summed E-state index contributed by atoms with van der Waals surface area (Å²) in [7, 11) is 0. The van der Waals surface area contributed by atoms with E-state index in [0.717, 1.165) is 11.8 Å². The summed E-state index contributed by atoms with van der Waals surface area (Å²) in [5.41, 5.74) is 0. The summed E-state index contributed by atoms with van der Waals surface area (Å²) in [5.74, 6) is 1.88. The summed E-state index contributed by atoms with van der Waals surface area (Å²) < 4.78 is 0. The Morgan fingerprint density at radius 3 is 1.50 bits per heavy atom. The SMILES string of the molecule is C.C.C.C.CCCC(CC)CC(C)C.